The van der Waals surface area contributed by atoms with E-state index in [4.69, 9.17) is 4.74 Å². The number of sulfonamides is 1. The average molecular weight is 536 g/mol. The topological polar surface area (TPSA) is 81.7 Å². The summed E-state index contributed by atoms with van der Waals surface area (Å²) in [6.07, 6.45) is -3.42. The van der Waals surface area contributed by atoms with Crippen LogP contribution in [0.3, 0.4) is 0 Å². The molecule has 0 aliphatic rings. The molecule has 0 saturated heterocycles. The van der Waals surface area contributed by atoms with E-state index in [1.165, 1.54) is 31.4 Å². The zero-order valence-corrected chi connectivity index (χ0v) is 21.7. The van der Waals surface area contributed by atoms with Gasteiger partial charge in [-0.3, -0.25) is 4.72 Å². The summed E-state index contributed by atoms with van der Waals surface area (Å²) in [7, 11) is -2.82. The predicted molar refractivity (Wildman–Crippen MR) is 135 cm³/mol. The van der Waals surface area contributed by atoms with Gasteiger partial charge in [-0.1, -0.05) is 51.5 Å². The van der Waals surface area contributed by atoms with Gasteiger partial charge in [0.2, 0.25) is 0 Å². The van der Waals surface area contributed by atoms with Crippen LogP contribution >= 0.6 is 0 Å². The van der Waals surface area contributed by atoms with Gasteiger partial charge in [-0.25, -0.2) is 13.2 Å². The minimum atomic E-state index is -4.77. The molecule has 0 aliphatic carbocycles. The number of halogens is 3. The van der Waals surface area contributed by atoms with Gasteiger partial charge in [0.15, 0.2) is 0 Å². The lowest BCUT2D eigenvalue weighted by Gasteiger charge is -2.19. The maximum absolute atomic E-state index is 13.5. The van der Waals surface area contributed by atoms with Crippen LogP contribution < -0.4 is 9.46 Å². The van der Waals surface area contributed by atoms with E-state index in [-0.39, 0.29) is 27.8 Å². The minimum absolute atomic E-state index is 0.0122. The summed E-state index contributed by atoms with van der Waals surface area (Å²) in [6.45, 7) is 5.57. The second-order valence-corrected chi connectivity index (χ2v) is 10.4. The zero-order valence-electron chi connectivity index (χ0n) is 20.8. The normalized spacial score (nSPS) is 11.9. The Balaban J connectivity index is 1.92. The number of methoxy groups -OCH3 is 1. The molecule has 198 valence electrons. The van der Waals surface area contributed by atoms with Crippen molar-refractivity contribution in [1.29, 1.82) is 0 Å². The predicted octanol–water partition coefficient (Wildman–Crippen LogP) is 6.92. The van der Waals surface area contributed by atoms with Crippen molar-refractivity contribution >= 4 is 21.7 Å². The van der Waals surface area contributed by atoms with Crippen LogP contribution in [0, 0.1) is 0 Å². The average Bonchev–Trinajstić information content (AvgIpc) is 2.83. The number of aryl methyl sites for hydroxylation is 1. The Labute approximate surface area is 214 Å². The highest BCUT2D eigenvalue weighted by Crippen LogP contribution is 2.32. The number of carbonyl (C=O) groups excluding carboxylic acids is 1. The molecule has 0 aromatic heterocycles. The number of rotatable bonds is 9. The summed E-state index contributed by atoms with van der Waals surface area (Å²) < 4.78 is 75.5. The Morgan fingerprint density at radius 3 is 2.03 bits per heavy atom. The Bertz CT molecular complexity index is 1350. The number of ether oxygens (including phenoxy) is 2. The monoisotopic (exact) mass is 535 g/mol. The van der Waals surface area contributed by atoms with E-state index < -0.39 is 22.4 Å². The van der Waals surface area contributed by atoms with Crippen LogP contribution in [0.15, 0.2) is 65.6 Å². The standard InChI is InChI=1S/C27H28F3NO5S/c1-5-6-18-15-23(26(32)35-4)25(17(2)3)24(16-18)37(33,34)31-21-11-7-19(8-12-21)20-9-13-22(14-10-20)36-27(28,29)30/h7-17,31H,5-6H2,1-4H3. The van der Waals surface area contributed by atoms with Gasteiger partial charge >= 0.3 is 12.3 Å². The van der Waals surface area contributed by atoms with Gasteiger partial charge in [0.25, 0.3) is 10.0 Å². The smallest absolute Gasteiger partial charge is 0.465 e. The number of hydrogen-bond donors (Lipinski definition) is 1. The van der Waals surface area contributed by atoms with Crippen LogP contribution in [-0.4, -0.2) is 27.9 Å². The van der Waals surface area contributed by atoms with Crippen molar-refractivity contribution < 1.29 is 35.9 Å². The summed E-state index contributed by atoms with van der Waals surface area (Å²) in [4.78, 5) is 12.5. The Morgan fingerprint density at radius 1 is 0.973 bits per heavy atom. The first-order valence-corrected chi connectivity index (χ1v) is 13.1. The van der Waals surface area contributed by atoms with E-state index in [0.29, 0.717) is 28.7 Å². The molecule has 0 aliphatic heterocycles. The van der Waals surface area contributed by atoms with E-state index >= 15 is 0 Å². The summed E-state index contributed by atoms with van der Waals surface area (Å²) >= 11 is 0. The molecule has 0 spiro atoms. The third-order valence-electron chi connectivity index (χ3n) is 5.57. The summed E-state index contributed by atoms with van der Waals surface area (Å²) in [6, 6.07) is 15.0. The fourth-order valence-corrected chi connectivity index (χ4v) is 5.50. The van der Waals surface area contributed by atoms with Crippen molar-refractivity contribution in [1.82, 2.24) is 0 Å². The van der Waals surface area contributed by atoms with Crippen LogP contribution in [0.1, 0.15) is 54.6 Å². The Hall–Kier alpha value is -3.53. The molecule has 6 nitrogen and oxygen atoms in total. The molecule has 3 aromatic rings. The first-order chi connectivity index (χ1) is 17.3. The van der Waals surface area contributed by atoms with Gasteiger partial charge in [-0.15, -0.1) is 13.2 Å². The largest absolute Gasteiger partial charge is 0.573 e. The molecule has 0 unspecified atom stereocenters. The van der Waals surface area contributed by atoms with Crippen molar-refractivity contribution in [2.75, 3.05) is 11.8 Å². The van der Waals surface area contributed by atoms with Gasteiger partial charge in [-0.2, -0.15) is 0 Å². The molecule has 0 amide bonds. The molecule has 3 aromatic carbocycles. The van der Waals surface area contributed by atoms with Crippen LogP contribution in [0.4, 0.5) is 18.9 Å². The lowest BCUT2D eigenvalue weighted by molar-refractivity contribution is -0.274. The number of esters is 1. The second kappa shape index (κ2) is 11.2. The lowest BCUT2D eigenvalue weighted by atomic mass is 9.94. The van der Waals surface area contributed by atoms with Crippen molar-refractivity contribution in [3.05, 3.63) is 77.4 Å². The van der Waals surface area contributed by atoms with Crippen molar-refractivity contribution in [2.24, 2.45) is 0 Å². The first-order valence-electron chi connectivity index (χ1n) is 11.6. The summed E-state index contributed by atoms with van der Waals surface area (Å²) in [5, 5.41) is 0. The molecule has 0 saturated carbocycles. The second-order valence-electron chi connectivity index (χ2n) is 8.71. The van der Waals surface area contributed by atoms with E-state index in [2.05, 4.69) is 9.46 Å². The quantitative estimate of drug-likeness (QED) is 0.301. The Kier molecular flexibility index (Phi) is 8.53. The lowest BCUT2D eigenvalue weighted by Crippen LogP contribution is -2.19. The number of hydrogen-bond acceptors (Lipinski definition) is 5. The zero-order chi connectivity index (χ0) is 27.4. The minimum Gasteiger partial charge on any atom is -0.465 e. The van der Waals surface area contributed by atoms with E-state index in [1.807, 2.05) is 6.92 Å². The maximum Gasteiger partial charge on any atom is 0.573 e. The highest BCUT2D eigenvalue weighted by atomic mass is 32.2. The highest BCUT2D eigenvalue weighted by Gasteiger charge is 2.31. The van der Waals surface area contributed by atoms with Crippen LogP contribution in [0.2, 0.25) is 0 Å². The van der Waals surface area contributed by atoms with E-state index in [0.717, 1.165) is 6.42 Å². The first kappa shape index (κ1) is 28.0. The van der Waals surface area contributed by atoms with Gasteiger partial charge in [0.05, 0.1) is 17.6 Å². The third kappa shape index (κ3) is 7.03. The van der Waals surface area contributed by atoms with Gasteiger partial charge in [0, 0.05) is 5.69 Å². The molecule has 0 fully saturated rings. The fraction of sp³-hybridized carbons (Fsp3) is 0.296. The number of nitrogens with one attached hydrogen (secondary N) is 1. The number of benzene rings is 3. The number of alkyl halides is 3. The third-order valence-corrected chi connectivity index (χ3v) is 6.99. The molecule has 0 radical (unpaired) electrons. The van der Waals surface area contributed by atoms with Crippen molar-refractivity contribution in [3.63, 3.8) is 0 Å². The summed E-state index contributed by atoms with van der Waals surface area (Å²) in [5.74, 6) is -1.21. The van der Waals surface area contributed by atoms with Crippen molar-refractivity contribution in [3.8, 4) is 16.9 Å². The number of anilines is 1. The van der Waals surface area contributed by atoms with Crippen LogP contribution in [0.25, 0.3) is 11.1 Å². The van der Waals surface area contributed by atoms with E-state index in [9.17, 15) is 26.4 Å². The van der Waals surface area contributed by atoms with Gasteiger partial charge in [-0.05, 0) is 71.0 Å². The molecule has 0 bridgehead atoms. The molecule has 0 atom stereocenters. The fourth-order valence-electron chi connectivity index (χ4n) is 4.00. The van der Waals surface area contributed by atoms with Gasteiger partial charge in [0.1, 0.15) is 5.75 Å². The molecular formula is C27H28F3NO5S. The number of carbonyl (C=O) groups is 1. The molecule has 1 N–H and O–H groups in total. The SMILES string of the molecule is CCCc1cc(C(=O)OC)c(C(C)C)c(S(=O)(=O)Nc2ccc(-c3ccc(OC(F)(F)F)cc3)cc2)c1. The van der Waals surface area contributed by atoms with Crippen molar-refractivity contribution in [2.45, 2.75) is 50.8 Å². The molecule has 0 heterocycles. The highest BCUT2D eigenvalue weighted by molar-refractivity contribution is 7.92. The summed E-state index contributed by atoms with van der Waals surface area (Å²) in [5.41, 5.74) is 2.88. The maximum atomic E-state index is 13.5. The van der Waals surface area contributed by atoms with Crippen LogP contribution in [0.5, 0.6) is 5.75 Å². The van der Waals surface area contributed by atoms with E-state index in [1.54, 1.807) is 50.2 Å². The Morgan fingerprint density at radius 2 is 1.54 bits per heavy atom. The molecule has 37 heavy (non-hydrogen) atoms. The van der Waals surface area contributed by atoms with Crippen LogP contribution in [-0.2, 0) is 21.2 Å². The molecular weight excluding hydrogens is 507 g/mol. The molecule has 3 rings (SSSR count). The molecule has 10 heteroatoms. The van der Waals surface area contributed by atoms with Gasteiger partial charge < -0.3 is 9.47 Å².